The molecule has 1 fully saturated rings. The normalized spacial score (nSPS) is 17.1. The van der Waals surface area contributed by atoms with Crippen molar-refractivity contribution in [3.63, 3.8) is 0 Å². The summed E-state index contributed by atoms with van der Waals surface area (Å²) in [6.45, 7) is 0.257. The van der Waals surface area contributed by atoms with Crippen LogP contribution in [0.25, 0.3) is 0 Å². The van der Waals surface area contributed by atoms with E-state index in [9.17, 15) is 18.5 Å². The van der Waals surface area contributed by atoms with E-state index in [2.05, 4.69) is 11.4 Å². The molecule has 6 nitrogen and oxygen atoms in total. The third kappa shape index (κ3) is 3.40. The Morgan fingerprint density at radius 3 is 2.33 bits per heavy atom. The molecular formula is C14H17N3O3S. The van der Waals surface area contributed by atoms with E-state index in [-0.39, 0.29) is 17.3 Å². The van der Waals surface area contributed by atoms with Crippen molar-refractivity contribution in [2.24, 2.45) is 10.6 Å². The van der Waals surface area contributed by atoms with Crippen molar-refractivity contribution in [1.82, 2.24) is 5.32 Å². The van der Waals surface area contributed by atoms with E-state index >= 15 is 0 Å². The average Bonchev–Trinajstić information content (AvgIpc) is 2.94. The van der Waals surface area contributed by atoms with Crippen LogP contribution in [0.1, 0.15) is 31.2 Å². The third-order valence-electron chi connectivity index (χ3n) is 3.81. The predicted octanol–water partition coefficient (Wildman–Crippen LogP) is 1.03. The number of nitriles is 1. The first-order chi connectivity index (χ1) is 9.87. The molecule has 1 aromatic carbocycles. The number of carbonyl (C=O) groups is 1. The highest BCUT2D eigenvalue weighted by molar-refractivity contribution is 7.89. The molecule has 3 N–H and O–H groups in total. The van der Waals surface area contributed by atoms with Crippen LogP contribution in [0.3, 0.4) is 0 Å². The molecule has 1 saturated carbocycles. The second-order valence-electron chi connectivity index (χ2n) is 5.27. The number of amides is 1. The number of primary sulfonamides is 1. The van der Waals surface area contributed by atoms with Crippen molar-refractivity contribution in [2.75, 3.05) is 0 Å². The van der Waals surface area contributed by atoms with Crippen molar-refractivity contribution < 1.29 is 13.2 Å². The van der Waals surface area contributed by atoms with Gasteiger partial charge in [0.2, 0.25) is 15.9 Å². The molecule has 0 aliphatic heterocycles. The third-order valence-corrected chi connectivity index (χ3v) is 4.74. The van der Waals surface area contributed by atoms with Gasteiger partial charge in [0.05, 0.1) is 11.0 Å². The standard InChI is InChI=1S/C14H17N3O3S/c15-10-14(7-1-2-8-14)13(18)17-9-11-3-5-12(6-4-11)21(16,19)20/h3-6H,1-2,7-9H2,(H,17,18)(H2,16,19,20). The molecule has 0 unspecified atom stereocenters. The first-order valence-corrected chi connectivity index (χ1v) is 8.23. The van der Waals surface area contributed by atoms with Gasteiger partial charge in [0.25, 0.3) is 0 Å². The van der Waals surface area contributed by atoms with E-state index in [1.54, 1.807) is 12.1 Å². The van der Waals surface area contributed by atoms with E-state index in [0.717, 1.165) is 18.4 Å². The second kappa shape index (κ2) is 5.84. The predicted molar refractivity (Wildman–Crippen MR) is 76.2 cm³/mol. The van der Waals surface area contributed by atoms with Crippen LogP contribution >= 0.6 is 0 Å². The summed E-state index contributed by atoms with van der Waals surface area (Å²) in [6, 6.07) is 8.11. The van der Waals surface area contributed by atoms with Gasteiger partial charge in [-0.3, -0.25) is 4.79 Å². The monoisotopic (exact) mass is 307 g/mol. The summed E-state index contributed by atoms with van der Waals surface area (Å²) in [5.74, 6) is -0.252. The number of nitrogens with two attached hydrogens (primary N) is 1. The van der Waals surface area contributed by atoms with Crippen LogP contribution in [0.15, 0.2) is 29.2 Å². The fraction of sp³-hybridized carbons (Fsp3) is 0.429. The van der Waals surface area contributed by atoms with Gasteiger partial charge in [0.15, 0.2) is 0 Å². The summed E-state index contributed by atoms with van der Waals surface area (Å²) >= 11 is 0. The number of hydrogen-bond acceptors (Lipinski definition) is 4. The number of hydrogen-bond donors (Lipinski definition) is 2. The first kappa shape index (κ1) is 15.5. The number of nitrogens with zero attached hydrogens (tertiary/aromatic N) is 1. The summed E-state index contributed by atoms with van der Waals surface area (Å²) in [7, 11) is -3.71. The van der Waals surface area contributed by atoms with Gasteiger partial charge in [-0.15, -0.1) is 0 Å². The van der Waals surface area contributed by atoms with E-state index in [0.29, 0.717) is 12.8 Å². The first-order valence-electron chi connectivity index (χ1n) is 6.69. The highest BCUT2D eigenvalue weighted by Crippen LogP contribution is 2.37. The van der Waals surface area contributed by atoms with E-state index in [1.807, 2.05) is 0 Å². The van der Waals surface area contributed by atoms with Crippen molar-refractivity contribution in [3.8, 4) is 6.07 Å². The maximum absolute atomic E-state index is 12.1. The zero-order valence-corrected chi connectivity index (χ0v) is 12.3. The van der Waals surface area contributed by atoms with Crippen molar-refractivity contribution in [3.05, 3.63) is 29.8 Å². The molecule has 21 heavy (non-hydrogen) atoms. The summed E-state index contributed by atoms with van der Waals surface area (Å²) in [5, 5.41) is 17.0. The van der Waals surface area contributed by atoms with Crippen LogP contribution in [-0.4, -0.2) is 14.3 Å². The molecule has 7 heteroatoms. The molecule has 0 radical (unpaired) electrons. The van der Waals surface area contributed by atoms with Crippen LogP contribution in [0.5, 0.6) is 0 Å². The zero-order chi connectivity index (χ0) is 15.5. The molecule has 1 aliphatic rings. The van der Waals surface area contributed by atoms with Gasteiger partial charge in [-0.1, -0.05) is 25.0 Å². The smallest absolute Gasteiger partial charge is 0.240 e. The Balaban J connectivity index is 2.00. The van der Waals surface area contributed by atoms with Crippen LogP contribution in [0.4, 0.5) is 0 Å². The fourth-order valence-electron chi connectivity index (χ4n) is 2.52. The average molecular weight is 307 g/mol. The lowest BCUT2D eigenvalue weighted by Crippen LogP contribution is -2.37. The molecule has 0 saturated heterocycles. The topological polar surface area (TPSA) is 113 Å². The zero-order valence-electron chi connectivity index (χ0n) is 11.5. The van der Waals surface area contributed by atoms with Gasteiger partial charge in [0.1, 0.15) is 5.41 Å². The fourth-order valence-corrected chi connectivity index (χ4v) is 3.03. The minimum absolute atomic E-state index is 0.0295. The molecule has 0 heterocycles. The molecule has 0 aromatic heterocycles. The molecule has 2 rings (SSSR count). The van der Waals surface area contributed by atoms with Gasteiger partial charge < -0.3 is 5.32 Å². The minimum Gasteiger partial charge on any atom is -0.351 e. The molecular weight excluding hydrogens is 290 g/mol. The Morgan fingerprint density at radius 1 is 1.29 bits per heavy atom. The molecule has 0 atom stereocenters. The Morgan fingerprint density at radius 2 is 1.86 bits per heavy atom. The van der Waals surface area contributed by atoms with Gasteiger partial charge in [-0.05, 0) is 30.5 Å². The highest BCUT2D eigenvalue weighted by Gasteiger charge is 2.41. The summed E-state index contributed by atoms with van der Waals surface area (Å²) in [4.78, 5) is 12.2. The van der Waals surface area contributed by atoms with E-state index < -0.39 is 15.4 Å². The number of nitrogens with one attached hydrogen (secondary N) is 1. The maximum atomic E-state index is 12.1. The number of rotatable bonds is 4. The van der Waals surface area contributed by atoms with E-state index in [4.69, 9.17) is 5.14 Å². The Labute approximate surface area is 124 Å². The number of benzene rings is 1. The summed E-state index contributed by atoms with van der Waals surface area (Å²) in [5.41, 5.74) is -0.151. The lowest BCUT2D eigenvalue weighted by molar-refractivity contribution is -0.128. The van der Waals surface area contributed by atoms with Gasteiger partial charge in [-0.25, -0.2) is 13.6 Å². The van der Waals surface area contributed by atoms with Crippen molar-refractivity contribution >= 4 is 15.9 Å². The summed E-state index contributed by atoms with van der Waals surface area (Å²) < 4.78 is 22.3. The SMILES string of the molecule is N#CC1(C(=O)NCc2ccc(S(N)(=O)=O)cc2)CCCC1. The Hall–Kier alpha value is -1.91. The van der Waals surface area contributed by atoms with Crippen molar-refractivity contribution in [1.29, 1.82) is 5.26 Å². The number of sulfonamides is 1. The minimum atomic E-state index is -3.71. The van der Waals surface area contributed by atoms with Gasteiger partial charge in [0, 0.05) is 6.54 Å². The van der Waals surface area contributed by atoms with E-state index in [1.165, 1.54) is 12.1 Å². The quantitative estimate of drug-likeness (QED) is 0.865. The summed E-state index contributed by atoms with van der Waals surface area (Å²) in [6.07, 6.45) is 2.98. The highest BCUT2D eigenvalue weighted by atomic mass is 32.2. The largest absolute Gasteiger partial charge is 0.351 e. The number of carbonyl (C=O) groups excluding carboxylic acids is 1. The second-order valence-corrected chi connectivity index (χ2v) is 6.83. The molecule has 1 aliphatic carbocycles. The van der Waals surface area contributed by atoms with Crippen molar-refractivity contribution in [2.45, 2.75) is 37.1 Å². The molecule has 1 amide bonds. The van der Waals surface area contributed by atoms with Crippen LogP contribution < -0.4 is 10.5 Å². The Bertz CT molecular complexity index is 668. The van der Waals surface area contributed by atoms with Gasteiger partial charge in [-0.2, -0.15) is 5.26 Å². The molecule has 1 aromatic rings. The van der Waals surface area contributed by atoms with Crippen LogP contribution in [0, 0.1) is 16.7 Å². The Kier molecular flexibility index (Phi) is 4.30. The van der Waals surface area contributed by atoms with Crippen LogP contribution in [0.2, 0.25) is 0 Å². The molecule has 0 spiro atoms. The van der Waals surface area contributed by atoms with Gasteiger partial charge >= 0.3 is 0 Å². The maximum Gasteiger partial charge on any atom is 0.240 e. The lowest BCUT2D eigenvalue weighted by Gasteiger charge is -2.19. The molecule has 112 valence electrons. The van der Waals surface area contributed by atoms with Crippen LogP contribution in [-0.2, 0) is 21.4 Å². The lowest BCUT2D eigenvalue weighted by atomic mass is 9.87. The molecule has 0 bridgehead atoms.